The molecular formula is C19H22F3N3O4S2. The molecule has 3 atom stereocenters. The number of aryl methyl sites for hydroxylation is 1. The maximum Gasteiger partial charge on any atom is 0.490 e. The van der Waals surface area contributed by atoms with Crippen molar-refractivity contribution in [3.63, 3.8) is 0 Å². The molecule has 4 heterocycles. The van der Waals surface area contributed by atoms with Crippen molar-refractivity contribution >= 4 is 34.6 Å². The van der Waals surface area contributed by atoms with E-state index in [0.29, 0.717) is 30.2 Å². The predicted molar refractivity (Wildman–Crippen MR) is 109 cm³/mol. The van der Waals surface area contributed by atoms with E-state index in [1.807, 2.05) is 12.3 Å². The lowest BCUT2D eigenvalue weighted by molar-refractivity contribution is -0.192. The monoisotopic (exact) mass is 477 g/mol. The zero-order valence-electron chi connectivity index (χ0n) is 16.6. The maximum absolute atomic E-state index is 12.2. The molecule has 2 N–H and O–H groups in total. The molecule has 0 aliphatic carbocycles. The minimum Gasteiger partial charge on any atom is -0.475 e. The summed E-state index contributed by atoms with van der Waals surface area (Å²) in [4.78, 5) is 29.2. The van der Waals surface area contributed by atoms with Gasteiger partial charge >= 0.3 is 12.1 Å². The number of likely N-dealkylation sites (tertiary alicyclic amines) is 1. The van der Waals surface area contributed by atoms with Crippen molar-refractivity contribution in [2.24, 2.45) is 11.8 Å². The Labute approximate surface area is 184 Å². The van der Waals surface area contributed by atoms with E-state index >= 15 is 0 Å². The number of carboxylic acid groups (broad SMARTS) is 1. The highest BCUT2D eigenvalue weighted by molar-refractivity contribution is 7.10. The van der Waals surface area contributed by atoms with Gasteiger partial charge < -0.3 is 15.2 Å². The summed E-state index contributed by atoms with van der Waals surface area (Å²) in [6, 6.07) is 4.29. The van der Waals surface area contributed by atoms with Crippen LogP contribution in [0.5, 0.6) is 0 Å². The van der Waals surface area contributed by atoms with Crippen molar-refractivity contribution in [1.82, 2.24) is 15.2 Å². The Balaban J connectivity index is 0.000000339. The van der Waals surface area contributed by atoms with E-state index in [2.05, 4.69) is 32.7 Å². The number of ether oxygens (including phenoxy) is 1. The molecule has 2 saturated heterocycles. The number of aromatic nitrogens is 1. The summed E-state index contributed by atoms with van der Waals surface area (Å²) in [5.74, 6) is -1.92. The molecule has 0 spiro atoms. The lowest BCUT2D eigenvalue weighted by atomic mass is 9.93. The van der Waals surface area contributed by atoms with Gasteiger partial charge in [0.15, 0.2) is 0 Å². The third-order valence-electron chi connectivity index (χ3n) is 5.09. The first-order chi connectivity index (χ1) is 14.6. The van der Waals surface area contributed by atoms with Crippen molar-refractivity contribution < 1.29 is 32.6 Å². The van der Waals surface area contributed by atoms with Crippen LogP contribution >= 0.6 is 22.7 Å². The lowest BCUT2D eigenvalue weighted by Gasteiger charge is -2.19. The van der Waals surface area contributed by atoms with E-state index in [1.165, 1.54) is 16.2 Å². The molecule has 2 fully saturated rings. The van der Waals surface area contributed by atoms with Gasteiger partial charge in [0.2, 0.25) is 0 Å². The van der Waals surface area contributed by atoms with Gasteiger partial charge in [0.1, 0.15) is 5.69 Å². The van der Waals surface area contributed by atoms with E-state index in [1.54, 1.807) is 11.3 Å². The Kier molecular flexibility index (Phi) is 7.68. The fraction of sp³-hybridized carbons (Fsp3) is 0.526. The van der Waals surface area contributed by atoms with Gasteiger partial charge in [0, 0.05) is 48.3 Å². The largest absolute Gasteiger partial charge is 0.490 e. The number of halogens is 3. The third kappa shape index (κ3) is 6.48. The van der Waals surface area contributed by atoms with Crippen LogP contribution in [-0.4, -0.2) is 65.4 Å². The van der Waals surface area contributed by atoms with Crippen molar-refractivity contribution in [1.29, 1.82) is 0 Å². The highest BCUT2D eigenvalue weighted by Crippen LogP contribution is 2.34. The van der Waals surface area contributed by atoms with Gasteiger partial charge in [-0.1, -0.05) is 6.07 Å². The lowest BCUT2D eigenvalue weighted by Crippen LogP contribution is -2.34. The molecule has 0 radical (unpaired) electrons. The molecule has 0 saturated carbocycles. The third-order valence-corrected chi connectivity index (χ3v) is 6.73. The predicted octanol–water partition coefficient (Wildman–Crippen LogP) is 3.02. The fourth-order valence-electron chi connectivity index (χ4n) is 3.62. The van der Waals surface area contributed by atoms with Gasteiger partial charge in [-0.2, -0.15) is 13.2 Å². The molecule has 0 aromatic carbocycles. The van der Waals surface area contributed by atoms with Gasteiger partial charge in [-0.3, -0.25) is 9.69 Å². The molecule has 4 rings (SSSR count). The molecule has 0 unspecified atom stereocenters. The number of thiazole rings is 1. The number of rotatable bonds is 5. The number of carboxylic acids is 1. The first-order valence-electron chi connectivity index (χ1n) is 9.50. The standard InChI is InChI=1S/C17H21N3O2S2.C2HF3O2/c1-11-19-15(10-24-11)17(21)18-5-12-9-22-16-8-20(7-14(12)16)6-13-3-2-4-23-13;3-2(4,5)1(6)7/h2-4,10,12,14,16H,5-9H2,1H3,(H,18,21);(H,6,7)/t12-,14+,16+;/m0./s1. The number of nitrogens with zero attached hydrogens (tertiary/aromatic N) is 2. The quantitative estimate of drug-likeness (QED) is 0.688. The summed E-state index contributed by atoms with van der Waals surface area (Å²) in [6.07, 6.45) is -4.77. The molecule has 31 heavy (non-hydrogen) atoms. The average molecular weight is 478 g/mol. The second kappa shape index (κ2) is 10.1. The van der Waals surface area contributed by atoms with E-state index in [9.17, 15) is 18.0 Å². The Hall–Kier alpha value is -2.02. The number of hydrogen-bond donors (Lipinski definition) is 2. The zero-order chi connectivity index (χ0) is 22.6. The first kappa shape index (κ1) is 23.6. The Morgan fingerprint density at radius 1 is 1.35 bits per heavy atom. The Morgan fingerprint density at radius 2 is 2.10 bits per heavy atom. The first-order valence-corrected chi connectivity index (χ1v) is 11.3. The zero-order valence-corrected chi connectivity index (χ0v) is 18.2. The molecule has 0 bridgehead atoms. The number of amides is 1. The van der Waals surface area contributed by atoms with Gasteiger partial charge in [-0.05, 0) is 18.4 Å². The molecule has 2 aromatic heterocycles. The number of thiophene rings is 1. The van der Waals surface area contributed by atoms with Gasteiger partial charge in [-0.25, -0.2) is 9.78 Å². The minimum absolute atomic E-state index is 0.0729. The molecule has 12 heteroatoms. The van der Waals surface area contributed by atoms with Gasteiger partial charge in [0.25, 0.3) is 5.91 Å². The van der Waals surface area contributed by atoms with Crippen LogP contribution in [-0.2, 0) is 16.1 Å². The minimum atomic E-state index is -5.08. The smallest absolute Gasteiger partial charge is 0.475 e. The van der Waals surface area contributed by atoms with Crippen molar-refractivity contribution in [2.75, 3.05) is 26.2 Å². The summed E-state index contributed by atoms with van der Waals surface area (Å²) in [6.45, 7) is 6.39. The number of carbonyl (C=O) groups excluding carboxylic acids is 1. The van der Waals surface area contributed by atoms with E-state index in [-0.39, 0.29) is 5.91 Å². The molecule has 2 aliphatic rings. The maximum atomic E-state index is 12.2. The Morgan fingerprint density at radius 3 is 2.68 bits per heavy atom. The fourth-order valence-corrected chi connectivity index (χ4v) is 4.96. The van der Waals surface area contributed by atoms with Gasteiger partial charge in [0.05, 0.1) is 17.7 Å². The van der Waals surface area contributed by atoms with Crippen LogP contribution in [0, 0.1) is 18.8 Å². The normalized spacial score (nSPS) is 23.2. The van der Waals surface area contributed by atoms with Crippen LogP contribution < -0.4 is 5.32 Å². The summed E-state index contributed by atoms with van der Waals surface area (Å²) in [7, 11) is 0. The van der Waals surface area contributed by atoms with Crippen molar-refractivity contribution in [3.05, 3.63) is 38.5 Å². The van der Waals surface area contributed by atoms with Gasteiger partial charge in [-0.15, -0.1) is 22.7 Å². The van der Waals surface area contributed by atoms with Crippen molar-refractivity contribution in [2.45, 2.75) is 25.7 Å². The summed E-state index contributed by atoms with van der Waals surface area (Å²) < 4.78 is 37.7. The molecule has 170 valence electrons. The van der Waals surface area contributed by atoms with E-state index in [4.69, 9.17) is 14.6 Å². The highest BCUT2D eigenvalue weighted by Gasteiger charge is 2.43. The number of alkyl halides is 3. The molecule has 7 nitrogen and oxygen atoms in total. The second-order valence-electron chi connectivity index (χ2n) is 7.33. The summed E-state index contributed by atoms with van der Waals surface area (Å²) >= 11 is 3.31. The number of hydrogen-bond acceptors (Lipinski definition) is 7. The van der Waals surface area contributed by atoms with E-state index < -0.39 is 12.1 Å². The SMILES string of the molecule is Cc1nc(C(=O)NC[C@H]2CO[C@@H]3CN(Cc4cccs4)C[C@H]23)cs1.O=C(O)C(F)(F)F. The number of aliphatic carboxylic acids is 1. The van der Waals surface area contributed by atoms with Crippen LogP contribution in [0.15, 0.2) is 22.9 Å². The van der Waals surface area contributed by atoms with Crippen LogP contribution in [0.2, 0.25) is 0 Å². The summed E-state index contributed by atoms with van der Waals surface area (Å²) in [5.41, 5.74) is 0.527. The van der Waals surface area contributed by atoms with Crippen LogP contribution in [0.3, 0.4) is 0 Å². The van der Waals surface area contributed by atoms with Crippen LogP contribution in [0.1, 0.15) is 20.4 Å². The van der Waals surface area contributed by atoms with Crippen LogP contribution in [0.25, 0.3) is 0 Å². The van der Waals surface area contributed by atoms with E-state index in [0.717, 1.165) is 31.2 Å². The summed E-state index contributed by atoms with van der Waals surface area (Å²) in [5, 5.41) is 15.0. The highest BCUT2D eigenvalue weighted by atomic mass is 32.1. The molecule has 2 aromatic rings. The Bertz CT molecular complexity index is 888. The number of carbonyl (C=O) groups is 2. The molecule has 1 amide bonds. The molecule has 2 aliphatic heterocycles. The number of nitrogens with one attached hydrogen (secondary N) is 1. The average Bonchev–Trinajstić information content (AvgIpc) is 3.46. The topological polar surface area (TPSA) is 91.8 Å². The molecular weight excluding hydrogens is 455 g/mol. The second-order valence-corrected chi connectivity index (χ2v) is 9.43. The van der Waals surface area contributed by atoms with Crippen molar-refractivity contribution in [3.8, 4) is 0 Å². The number of fused-ring (bicyclic) bond motifs is 1. The van der Waals surface area contributed by atoms with Crippen LogP contribution in [0.4, 0.5) is 13.2 Å².